The van der Waals surface area contributed by atoms with Crippen LogP contribution in [0.25, 0.3) is 21.7 Å². The van der Waals surface area contributed by atoms with E-state index in [9.17, 15) is 4.79 Å². The van der Waals surface area contributed by atoms with Crippen LogP contribution in [0.5, 0.6) is 5.75 Å². The van der Waals surface area contributed by atoms with Gasteiger partial charge in [0.25, 0.3) is 11.6 Å². The quantitative estimate of drug-likeness (QED) is 0.549. The zero-order valence-corrected chi connectivity index (χ0v) is 15.9. The van der Waals surface area contributed by atoms with E-state index in [1.165, 1.54) is 4.88 Å². The molecule has 1 amide bonds. The Labute approximate surface area is 159 Å². The van der Waals surface area contributed by atoms with Crippen LogP contribution in [0.4, 0.5) is 5.69 Å². The highest BCUT2D eigenvalue weighted by atomic mass is 32.1. The molecule has 0 fully saturated rings. The molecule has 0 aliphatic heterocycles. The molecule has 0 saturated carbocycles. The third-order valence-corrected chi connectivity index (χ3v) is 5.21. The molecule has 3 heterocycles. The van der Waals surface area contributed by atoms with Crippen molar-refractivity contribution in [1.82, 2.24) is 10.1 Å². The Hall–Kier alpha value is -3.19. The topological polar surface area (TPSA) is 77.2 Å². The number of fused-ring (bicyclic) bond motifs is 1. The number of nitrogens with one attached hydrogen (secondary N) is 1. The number of carbonyl (C=O) groups excluding carboxylic acids is 1. The summed E-state index contributed by atoms with van der Waals surface area (Å²) in [6.45, 7) is 3.83. The number of aryl methyl sites for hydroxylation is 2. The second-order valence-electron chi connectivity index (χ2n) is 6.10. The SMILES string of the molecule is COc1cccc(NC(=O)c2cc(-c3ccc(C)s3)nc3onc(C)c23)c1. The lowest BCUT2D eigenvalue weighted by Gasteiger charge is -2.09. The van der Waals surface area contributed by atoms with Gasteiger partial charge in [0.05, 0.1) is 34.3 Å². The number of anilines is 1. The summed E-state index contributed by atoms with van der Waals surface area (Å²) in [6.07, 6.45) is 0. The Morgan fingerprint density at radius 2 is 2.04 bits per heavy atom. The second-order valence-corrected chi connectivity index (χ2v) is 7.39. The number of aromatic nitrogens is 2. The van der Waals surface area contributed by atoms with Gasteiger partial charge in [0.1, 0.15) is 5.75 Å². The van der Waals surface area contributed by atoms with Gasteiger partial charge in [0, 0.05) is 16.6 Å². The van der Waals surface area contributed by atoms with Gasteiger partial charge >= 0.3 is 0 Å². The molecule has 0 aliphatic carbocycles. The molecule has 27 heavy (non-hydrogen) atoms. The summed E-state index contributed by atoms with van der Waals surface area (Å²) in [6, 6.07) is 13.0. The molecule has 0 unspecified atom stereocenters. The van der Waals surface area contributed by atoms with Gasteiger partial charge in [-0.05, 0) is 44.2 Å². The zero-order valence-electron chi connectivity index (χ0n) is 15.1. The lowest BCUT2D eigenvalue weighted by atomic mass is 10.1. The van der Waals surface area contributed by atoms with Crippen molar-refractivity contribution in [2.45, 2.75) is 13.8 Å². The first kappa shape index (κ1) is 17.2. The van der Waals surface area contributed by atoms with Crippen LogP contribution >= 0.6 is 11.3 Å². The van der Waals surface area contributed by atoms with Gasteiger partial charge in [-0.3, -0.25) is 4.79 Å². The van der Waals surface area contributed by atoms with Crippen molar-refractivity contribution >= 4 is 34.0 Å². The van der Waals surface area contributed by atoms with Gasteiger partial charge in [-0.15, -0.1) is 11.3 Å². The molecule has 0 aliphatic rings. The monoisotopic (exact) mass is 379 g/mol. The Kier molecular flexibility index (Phi) is 4.37. The summed E-state index contributed by atoms with van der Waals surface area (Å²) in [4.78, 5) is 19.7. The van der Waals surface area contributed by atoms with E-state index >= 15 is 0 Å². The highest BCUT2D eigenvalue weighted by Gasteiger charge is 2.20. The summed E-state index contributed by atoms with van der Waals surface area (Å²) < 4.78 is 10.6. The largest absolute Gasteiger partial charge is 0.497 e. The number of thiophene rings is 1. The van der Waals surface area contributed by atoms with E-state index in [2.05, 4.69) is 15.5 Å². The van der Waals surface area contributed by atoms with Crippen molar-refractivity contribution in [3.63, 3.8) is 0 Å². The van der Waals surface area contributed by atoms with Crippen LogP contribution in [0.15, 0.2) is 47.0 Å². The fraction of sp³-hybridized carbons (Fsp3) is 0.150. The zero-order chi connectivity index (χ0) is 19.0. The summed E-state index contributed by atoms with van der Waals surface area (Å²) in [7, 11) is 1.59. The molecule has 4 aromatic rings. The molecule has 136 valence electrons. The summed E-state index contributed by atoms with van der Waals surface area (Å²) in [5.41, 5.74) is 2.79. The van der Waals surface area contributed by atoms with Crippen molar-refractivity contribution < 1.29 is 14.1 Å². The van der Waals surface area contributed by atoms with Gasteiger partial charge in [-0.1, -0.05) is 11.2 Å². The van der Waals surface area contributed by atoms with Crippen molar-refractivity contribution in [2.75, 3.05) is 12.4 Å². The maximum atomic E-state index is 13.0. The Morgan fingerprint density at radius 1 is 1.19 bits per heavy atom. The first-order valence-electron chi connectivity index (χ1n) is 8.34. The first-order chi connectivity index (χ1) is 13.0. The Balaban J connectivity index is 1.79. The minimum absolute atomic E-state index is 0.253. The van der Waals surface area contributed by atoms with E-state index in [1.807, 2.05) is 37.3 Å². The van der Waals surface area contributed by atoms with E-state index in [0.717, 1.165) is 4.88 Å². The van der Waals surface area contributed by atoms with E-state index in [0.29, 0.717) is 39.5 Å². The lowest BCUT2D eigenvalue weighted by Crippen LogP contribution is -2.13. The number of rotatable bonds is 4. The van der Waals surface area contributed by atoms with Crippen LogP contribution in [0.2, 0.25) is 0 Å². The fourth-order valence-corrected chi connectivity index (χ4v) is 3.70. The van der Waals surface area contributed by atoms with Gasteiger partial charge in [0.15, 0.2) is 0 Å². The number of hydrogen-bond acceptors (Lipinski definition) is 6. The highest BCUT2D eigenvalue weighted by molar-refractivity contribution is 7.15. The van der Waals surface area contributed by atoms with Crippen LogP contribution in [0.1, 0.15) is 20.9 Å². The summed E-state index contributed by atoms with van der Waals surface area (Å²) >= 11 is 1.61. The van der Waals surface area contributed by atoms with Gasteiger partial charge in [-0.2, -0.15) is 0 Å². The Bertz CT molecular complexity index is 1150. The maximum Gasteiger partial charge on any atom is 0.259 e. The van der Waals surface area contributed by atoms with Crippen LogP contribution in [-0.2, 0) is 0 Å². The normalized spacial score (nSPS) is 10.9. The third kappa shape index (κ3) is 3.29. The molecule has 1 aromatic carbocycles. The number of ether oxygens (including phenoxy) is 1. The smallest absolute Gasteiger partial charge is 0.259 e. The van der Waals surface area contributed by atoms with Crippen LogP contribution < -0.4 is 10.1 Å². The minimum atomic E-state index is -0.253. The van der Waals surface area contributed by atoms with E-state index in [-0.39, 0.29) is 5.91 Å². The molecular formula is C20H17N3O3S. The molecule has 0 radical (unpaired) electrons. The number of carbonyl (C=O) groups is 1. The highest BCUT2D eigenvalue weighted by Crippen LogP contribution is 2.31. The number of pyridine rings is 1. The Morgan fingerprint density at radius 3 is 2.78 bits per heavy atom. The number of hydrogen-bond donors (Lipinski definition) is 1. The molecule has 7 heteroatoms. The van der Waals surface area contributed by atoms with Gasteiger partial charge in [0.2, 0.25) is 0 Å². The van der Waals surface area contributed by atoms with Gasteiger partial charge in [-0.25, -0.2) is 4.98 Å². The number of amides is 1. The lowest BCUT2D eigenvalue weighted by molar-refractivity contribution is 0.102. The third-order valence-electron chi connectivity index (χ3n) is 4.18. The molecular weight excluding hydrogens is 362 g/mol. The number of benzene rings is 1. The van der Waals surface area contributed by atoms with Gasteiger partial charge < -0.3 is 14.6 Å². The molecule has 0 atom stereocenters. The van der Waals surface area contributed by atoms with Crippen LogP contribution in [0, 0.1) is 13.8 Å². The van der Waals surface area contributed by atoms with Crippen molar-refractivity contribution in [3.05, 3.63) is 58.6 Å². The van der Waals surface area contributed by atoms with Crippen molar-refractivity contribution in [2.24, 2.45) is 0 Å². The number of methoxy groups -OCH3 is 1. The van der Waals surface area contributed by atoms with Crippen molar-refractivity contribution in [1.29, 1.82) is 0 Å². The second kappa shape index (κ2) is 6.85. The molecule has 0 saturated heterocycles. The minimum Gasteiger partial charge on any atom is -0.497 e. The fourth-order valence-electron chi connectivity index (χ4n) is 2.87. The van der Waals surface area contributed by atoms with Crippen LogP contribution in [0.3, 0.4) is 0 Å². The molecule has 3 aromatic heterocycles. The van der Waals surface area contributed by atoms with Crippen LogP contribution in [-0.4, -0.2) is 23.2 Å². The summed E-state index contributed by atoms with van der Waals surface area (Å²) in [5, 5.41) is 7.51. The molecule has 1 N–H and O–H groups in total. The number of nitrogens with zero attached hydrogens (tertiary/aromatic N) is 2. The van der Waals surface area contributed by atoms with Crippen molar-refractivity contribution in [3.8, 4) is 16.3 Å². The van der Waals surface area contributed by atoms with E-state index < -0.39 is 0 Å². The molecule has 0 bridgehead atoms. The predicted octanol–water partition coefficient (Wildman–Crippen LogP) is 4.83. The maximum absolute atomic E-state index is 13.0. The summed E-state index contributed by atoms with van der Waals surface area (Å²) in [5.74, 6) is 0.417. The first-order valence-corrected chi connectivity index (χ1v) is 9.16. The standard InChI is InChI=1S/C20H17N3O3S/c1-11-7-8-17(27-11)16-10-15(18-12(2)23-26-20(18)22-16)19(24)21-13-5-4-6-14(9-13)25-3/h4-10H,1-3H3,(H,21,24). The predicted molar refractivity (Wildman–Crippen MR) is 106 cm³/mol. The average molecular weight is 379 g/mol. The molecule has 6 nitrogen and oxygen atoms in total. The van der Waals surface area contributed by atoms with E-state index in [4.69, 9.17) is 9.26 Å². The van der Waals surface area contributed by atoms with E-state index in [1.54, 1.807) is 37.5 Å². The molecule has 0 spiro atoms. The average Bonchev–Trinajstić information content (AvgIpc) is 3.27. The molecule has 4 rings (SSSR count).